The lowest BCUT2D eigenvalue weighted by Gasteiger charge is -2.29. The molecule has 0 bridgehead atoms. The third kappa shape index (κ3) is 8.28. The second-order valence-electron chi connectivity index (χ2n) is 10.9. The zero-order valence-corrected chi connectivity index (χ0v) is 25.1. The third-order valence-electron chi connectivity index (χ3n) is 7.94. The molecule has 1 fully saturated rings. The molecule has 6 N–H and O–H groups in total. The van der Waals surface area contributed by atoms with Crippen molar-refractivity contribution in [3.05, 3.63) is 114 Å². The van der Waals surface area contributed by atoms with Gasteiger partial charge in [0.15, 0.2) is 5.96 Å². The van der Waals surface area contributed by atoms with E-state index in [9.17, 15) is 9.00 Å². The summed E-state index contributed by atoms with van der Waals surface area (Å²) in [4.78, 5) is 20.8. The lowest BCUT2D eigenvalue weighted by atomic mass is 9.90. The van der Waals surface area contributed by atoms with Crippen LogP contribution in [0.5, 0.6) is 0 Å². The van der Waals surface area contributed by atoms with Gasteiger partial charge in [0.1, 0.15) is 11.0 Å². The number of benzene rings is 4. The fourth-order valence-corrected chi connectivity index (χ4v) is 6.62. The highest BCUT2D eigenvalue weighted by Crippen LogP contribution is 2.27. The first-order valence-electron chi connectivity index (χ1n) is 14.8. The van der Waals surface area contributed by atoms with Crippen LogP contribution in [-0.2, 0) is 15.8 Å². The molecule has 8 nitrogen and oxygen atoms in total. The predicted octanol–water partition coefficient (Wildman–Crippen LogP) is 3.90. The van der Waals surface area contributed by atoms with Crippen LogP contribution >= 0.6 is 0 Å². The van der Waals surface area contributed by atoms with Crippen molar-refractivity contribution in [2.75, 3.05) is 26.2 Å². The van der Waals surface area contributed by atoms with Crippen molar-refractivity contribution in [3.8, 4) is 0 Å². The number of hydrogen-bond acceptors (Lipinski definition) is 4. The first-order valence-corrected chi connectivity index (χ1v) is 16.0. The maximum atomic E-state index is 14.0. The number of hydrogen-bond donors (Lipinski definition) is 4. The van der Waals surface area contributed by atoms with Crippen LogP contribution in [0, 0.1) is 0 Å². The highest BCUT2D eigenvalue weighted by Gasteiger charge is 2.32. The zero-order chi connectivity index (χ0) is 30.0. The van der Waals surface area contributed by atoms with Gasteiger partial charge in [0.25, 0.3) is 0 Å². The van der Waals surface area contributed by atoms with Crippen LogP contribution in [0.25, 0.3) is 10.8 Å². The minimum Gasteiger partial charge on any atom is -0.370 e. The Labute approximate surface area is 256 Å². The Morgan fingerprint density at radius 3 is 2.26 bits per heavy atom. The summed E-state index contributed by atoms with van der Waals surface area (Å²) in [6, 6.07) is 34.1. The van der Waals surface area contributed by atoms with Gasteiger partial charge in [-0.05, 0) is 53.3 Å². The first-order chi connectivity index (χ1) is 21.0. The van der Waals surface area contributed by atoms with E-state index in [1.807, 2.05) is 83.8 Å². The lowest BCUT2D eigenvalue weighted by Crippen LogP contribution is -2.48. The van der Waals surface area contributed by atoms with Gasteiger partial charge in [-0.1, -0.05) is 91.0 Å². The Hall–Kier alpha value is -4.05. The maximum Gasteiger partial charge on any atom is 0.239 e. The van der Waals surface area contributed by atoms with E-state index < -0.39 is 17.0 Å². The molecule has 9 heteroatoms. The Balaban J connectivity index is 1.31. The van der Waals surface area contributed by atoms with Crippen LogP contribution in [0.15, 0.2) is 113 Å². The van der Waals surface area contributed by atoms with Gasteiger partial charge in [-0.15, -0.1) is 0 Å². The number of rotatable bonds is 12. The molecule has 0 aromatic heterocycles. The molecule has 1 aliphatic heterocycles. The number of carbonyl (C=O) groups is 1. The van der Waals surface area contributed by atoms with E-state index in [0.29, 0.717) is 39.0 Å². The van der Waals surface area contributed by atoms with Gasteiger partial charge in [0.2, 0.25) is 5.91 Å². The SMILES string of the molecule is NC(N)=NCCCC1NC(CNS(=O)c2ccc3ccccc3c2)CCN(CC(c2ccccc2)c2ccccc2)C1=O. The van der Waals surface area contributed by atoms with E-state index in [4.69, 9.17) is 11.5 Å². The second-order valence-corrected chi connectivity index (χ2v) is 12.2. The highest BCUT2D eigenvalue weighted by molar-refractivity contribution is 7.83. The van der Waals surface area contributed by atoms with Gasteiger partial charge in [0.05, 0.1) is 10.9 Å². The molecule has 0 saturated carbocycles. The number of nitrogens with one attached hydrogen (secondary N) is 2. The van der Waals surface area contributed by atoms with Crippen molar-refractivity contribution >= 4 is 33.6 Å². The summed E-state index contributed by atoms with van der Waals surface area (Å²) in [5.41, 5.74) is 13.4. The fraction of sp³-hybridized carbons (Fsp3) is 0.294. The average Bonchev–Trinajstić information content (AvgIpc) is 3.19. The largest absolute Gasteiger partial charge is 0.370 e. The molecule has 4 aromatic rings. The molecule has 224 valence electrons. The third-order valence-corrected chi connectivity index (χ3v) is 9.05. The normalized spacial score (nSPS) is 18.0. The van der Waals surface area contributed by atoms with Crippen molar-refractivity contribution in [2.24, 2.45) is 16.5 Å². The minimum absolute atomic E-state index is 0.0432. The molecule has 0 aliphatic carbocycles. The summed E-state index contributed by atoms with van der Waals surface area (Å²) in [5, 5.41) is 5.74. The Bertz CT molecular complexity index is 1510. The van der Waals surface area contributed by atoms with Crippen LogP contribution in [0.4, 0.5) is 0 Å². The average molecular weight is 597 g/mol. The van der Waals surface area contributed by atoms with Crippen LogP contribution in [0.1, 0.15) is 36.3 Å². The standard InChI is InChI=1S/C34H40N6O2S/c35-34(36)37-20-9-16-32-33(41)40(24-31(26-11-3-1-4-12-26)27-13-5-2-6-14-27)21-19-29(39-32)23-38-43(42)30-18-17-25-10-7-8-15-28(25)22-30/h1-8,10-15,17-18,22,29,31-32,38-39H,9,16,19-21,23-24H2,(H4,35,36,37). The quantitative estimate of drug-likeness (QED) is 0.112. The summed E-state index contributed by atoms with van der Waals surface area (Å²) in [7, 11) is -1.38. The summed E-state index contributed by atoms with van der Waals surface area (Å²) in [5.74, 6) is 0.164. The van der Waals surface area contributed by atoms with E-state index in [1.165, 1.54) is 11.1 Å². The molecule has 5 rings (SSSR count). The van der Waals surface area contributed by atoms with Crippen molar-refractivity contribution in [3.63, 3.8) is 0 Å². The first kappa shape index (κ1) is 30.4. The molecule has 43 heavy (non-hydrogen) atoms. The van der Waals surface area contributed by atoms with E-state index in [2.05, 4.69) is 39.3 Å². The zero-order valence-electron chi connectivity index (χ0n) is 24.3. The fourth-order valence-electron chi connectivity index (χ4n) is 5.67. The monoisotopic (exact) mass is 596 g/mol. The number of nitrogens with zero attached hydrogens (tertiary/aromatic N) is 2. The highest BCUT2D eigenvalue weighted by atomic mass is 32.2. The lowest BCUT2D eigenvalue weighted by molar-refractivity contribution is -0.133. The maximum absolute atomic E-state index is 14.0. The van der Waals surface area contributed by atoms with Crippen LogP contribution in [0.3, 0.4) is 0 Å². The second kappa shape index (κ2) is 14.9. The topological polar surface area (TPSA) is 126 Å². The number of fused-ring (bicyclic) bond motifs is 1. The minimum atomic E-state index is -1.38. The van der Waals surface area contributed by atoms with Gasteiger partial charge in [-0.3, -0.25) is 9.79 Å². The smallest absolute Gasteiger partial charge is 0.239 e. The number of amides is 1. The number of nitrogens with two attached hydrogens (primary N) is 2. The number of aliphatic imine (C=N–C) groups is 1. The van der Waals surface area contributed by atoms with Crippen molar-refractivity contribution in [1.29, 1.82) is 0 Å². The Morgan fingerprint density at radius 2 is 1.58 bits per heavy atom. The van der Waals surface area contributed by atoms with Gasteiger partial charge in [-0.2, -0.15) is 0 Å². The Morgan fingerprint density at radius 1 is 0.930 bits per heavy atom. The summed E-state index contributed by atoms with van der Waals surface area (Å²) in [6.45, 7) is 2.09. The number of carbonyl (C=O) groups excluding carboxylic acids is 1. The van der Waals surface area contributed by atoms with Crippen molar-refractivity contribution in [1.82, 2.24) is 14.9 Å². The molecule has 1 saturated heterocycles. The summed E-state index contributed by atoms with van der Waals surface area (Å²) in [6.07, 6.45) is 1.99. The summed E-state index contributed by atoms with van der Waals surface area (Å²) >= 11 is 0. The van der Waals surface area contributed by atoms with Crippen molar-refractivity contribution < 1.29 is 9.00 Å². The van der Waals surface area contributed by atoms with Gasteiger partial charge in [-0.25, -0.2) is 8.93 Å². The van der Waals surface area contributed by atoms with E-state index in [-0.39, 0.29) is 23.8 Å². The molecule has 4 aromatic carbocycles. The van der Waals surface area contributed by atoms with Gasteiger partial charge in [0, 0.05) is 38.1 Å². The molecule has 3 atom stereocenters. The van der Waals surface area contributed by atoms with Crippen LogP contribution in [-0.4, -0.2) is 59.2 Å². The van der Waals surface area contributed by atoms with E-state index >= 15 is 0 Å². The van der Waals surface area contributed by atoms with Gasteiger partial charge < -0.3 is 21.7 Å². The van der Waals surface area contributed by atoms with E-state index in [0.717, 1.165) is 22.1 Å². The molecular formula is C34H40N6O2S. The molecule has 0 radical (unpaired) electrons. The molecule has 1 amide bonds. The Kier molecular flexibility index (Phi) is 10.5. The van der Waals surface area contributed by atoms with E-state index in [1.54, 1.807) is 0 Å². The van der Waals surface area contributed by atoms with Crippen LogP contribution < -0.4 is 21.5 Å². The molecule has 0 spiro atoms. The van der Waals surface area contributed by atoms with Crippen molar-refractivity contribution in [2.45, 2.75) is 42.2 Å². The van der Waals surface area contributed by atoms with Gasteiger partial charge >= 0.3 is 0 Å². The molecular weight excluding hydrogens is 556 g/mol. The predicted molar refractivity (Wildman–Crippen MR) is 175 cm³/mol. The molecule has 1 aliphatic rings. The molecule has 1 heterocycles. The summed E-state index contributed by atoms with van der Waals surface area (Å²) < 4.78 is 16.4. The van der Waals surface area contributed by atoms with Crippen LogP contribution in [0.2, 0.25) is 0 Å². The molecule has 3 unspecified atom stereocenters. The number of guanidine groups is 1.